The molecule has 18 heavy (non-hydrogen) atoms. The third kappa shape index (κ3) is 2.92. The number of nitrogens with one attached hydrogen (secondary N) is 1. The SMILES string of the molecule is Cc1cc(NC(=O)c2csc(C(C)C)n2)ccn1. The summed E-state index contributed by atoms with van der Waals surface area (Å²) in [4.78, 5) is 20.4. The minimum atomic E-state index is -0.177. The van der Waals surface area contributed by atoms with Gasteiger partial charge in [-0.05, 0) is 19.1 Å². The van der Waals surface area contributed by atoms with Crippen LogP contribution in [0.25, 0.3) is 0 Å². The lowest BCUT2D eigenvalue weighted by molar-refractivity contribution is 0.102. The average Bonchev–Trinajstić information content (AvgIpc) is 2.78. The summed E-state index contributed by atoms with van der Waals surface area (Å²) >= 11 is 1.52. The van der Waals surface area contributed by atoms with Crippen LogP contribution in [-0.4, -0.2) is 15.9 Å². The van der Waals surface area contributed by atoms with Crippen LogP contribution >= 0.6 is 11.3 Å². The number of thiazole rings is 1. The average molecular weight is 261 g/mol. The number of nitrogens with zero attached hydrogens (tertiary/aromatic N) is 2. The molecule has 0 atom stereocenters. The maximum Gasteiger partial charge on any atom is 0.275 e. The zero-order chi connectivity index (χ0) is 13.1. The Morgan fingerprint density at radius 2 is 2.22 bits per heavy atom. The number of carbonyl (C=O) groups is 1. The molecule has 94 valence electrons. The summed E-state index contributed by atoms with van der Waals surface area (Å²) < 4.78 is 0. The van der Waals surface area contributed by atoms with Gasteiger partial charge in [0, 0.05) is 28.9 Å². The fourth-order valence-corrected chi connectivity index (χ4v) is 2.29. The molecule has 5 heteroatoms. The predicted molar refractivity (Wildman–Crippen MR) is 73.1 cm³/mol. The quantitative estimate of drug-likeness (QED) is 0.923. The van der Waals surface area contributed by atoms with Crippen molar-refractivity contribution in [2.24, 2.45) is 0 Å². The van der Waals surface area contributed by atoms with Gasteiger partial charge in [0.1, 0.15) is 5.69 Å². The van der Waals surface area contributed by atoms with E-state index in [0.717, 1.165) is 16.4 Å². The van der Waals surface area contributed by atoms with Gasteiger partial charge in [-0.3, -0.25) is 9.78 Å². The monoisotopic (exact) mass is 261 g/mol. The van der Waals surface area contributed by atoms with Crippen LogP contribution in [0.1, 0.15) is 41.0 Å². The van der Waals surface area contributed by atoms with E-state index in [1.807, 2.05) is 13.0 Å². The molecular weight excluding hydrogens is 246 g/mol. The molecule has 0 bridgehead atoms. The Bertz CT molecular complexity index is 563. The minimum absolute atomic E-state index is 0.177. The summed E-state index contributed by atoms with van der Waals surface area (Å²) in [6.45, 7) is 6.01. The molecule has 2 rings (SSSR count). The first-order valence-electron chi connectivity index (χ1n) is 5.75. The summed E-state index contributed by atoms with van der Waals surface area (Å²) in [5, 5.41) is 5.58. The van der Waals surface area contributed by atoms with Crippen LogP contribution in [0, 0.1) is 6.92 Å². The second-order valence-corrected chi connectivity index (χ2v) is 5.26. The molecule has 1 N–H and O–H groups in total. The maximum atomic E-state index is 12.0. The van der Waals surface area contributed by atoms with Gasteiger partial charge in [0.2, 0.25) is 0 Å². The van der Waals surface area contributed by atoms with Crippen molar-refractivity contribution in [3.05, 3.63) is 40.1 Å². The van der Waals surface area contributed by atoms with E-state index in [-0.39, 0.29) is 5.91 Å². The van der Waals surface area contributed by atoms with Crippen molar-refractivity contribution in [1.29, 1.82) is 0 Å². The first-order chi connectivity index (χ1) is 8.56. The summed E-state index contributed by atoms with van der Waals surface area (Å²) in [5.41, 5.74) is 2.08. The molecule has 0 aliphatic carbocycles. The van der Waals surface area contributed by atoms with Crippen LogP contribution in [0.3, 0.4) is 0 Å². The molecule has 0 aliphatic heterocycles. The van der Waals surface area contributed by atoms with Gasteiger partial charge in [0.05, 0.1) is 5.01 Å². The third-order valence-corrected chi connectivity index (χ3v) is 3.55. The fraction of sp³-hybridized carbons (Fsp3) is 0.308. The Hall–Kier alpha value is -1.75. The number of aryl methyl sites for hydroxylation is 1. The van der Waals surface area contributed by atoms with Gasteiger partial charge in [-0.25, -0.2) is 4.98 Å². The van der Waals surface area contributed by atoms with Crippen molar-refractivity contribution in [1.82, 2.24) is 9.97 Å². The van der Waals surface area contributed by atoms with Gasteiger partial charge in [0.25, 0.3) is 5.91 Å². The van der Waals surface area contributed by atoms with E-state index in [9.17, 15) is 4.79 Å². The van der Waals surface area contributed by atoms with Crippen molar-refractivity contribution in [3.63, 3.8) is 0 Å². The Morgan fingerprint density at radius 1 is 1.44 bits per heavy atom. The Labute approximate surface area is 110 Å². The minimum Gasteiger partial charge on any atom is -0.321 e. The van der Waals surface area contributed by atoms with E-state index < -0.39 is 0 Å². The molecule has 2 aromatic heterocycles. The lowest BCUT2D eigenvalue weighted by Gasteiger charge is -2.03. The van der Waals surface area contributed by atoms with Gasteiger partial charge in [-0.1, -0.05) is 13.8 Å². The molecule has 0 radical (unpaired) electrons. The van der Waals surface area contributed by atoms with Gasteiger partial charge >= 0.3 is 0 Å². The van der Waals surface area contributed by atoms with Crippen LogP contribution < -0.4 is 5.32 Å². The van der Waals surface area contributed by atoms with E-state index in [0.29, 0.717) is 11.6 Å². The van der Waals surface area contributed by atoms with Crippen LogP contribution in [-0.2, 0) is 0 Å². The highest BCUT2D eigenvalue weighted by Gasteiger charge is 2.12. The van der Waals surface area contributed by atoms with E-state index in [1.165, 1.54) is 11.3 Å². The number of aromatic nitrogens is 2. The Kier molecular flexibility index (Phi) is 3.72. The van der Waals surface area contributed by atoms with Crippen molar-refractivity contribution in [2.45, 2.75) is 26.7 Å². The number of amides is 1. The number of rotatable bonds is 3. The number of hydrogen-bond donors (Lipinski definition) is 1. The number of carbonyl (C=O) groups excluding carboxylic acids is 1. The van der Waals surface area contributed by atoms with Crippen molar-refractivity contribution >= 4 is 22.9 Å². The molecular formula is C13H15N3OS. The van der Waals surface area contributed by atoms with E-state index in [4.69, 9.17) is 0 Å². The van der Waals surface area contributed by atoms with E-state index in [1.54, 1.807) is 17.6 Å². The first kappa shape index (κ1) is 12.7. The Morgan fingerprint density at radius 3 is 2.83 bits per heavy atom. The molecule has 0 aliphatic rings. The van der Waals surface area contributed by atoms with E-state index >= 15 is 0 Å². The molecule has 0 saturated carbocycles. The highest BCUT2D eigenvalue weighted by molar-refractivity contribution is 7.09. The lowest BCUT2D eigenvalue weighted by atomic mass is 10.2. The molecule has 0 aromatic carbocycles. The number of pyridine rings is 1. The fourth-order valence-electron chi connectivity index (χ4n) is 1.48. The molecule has 1 amide bonds. The van der Waals surface area contributed by atoms with Crippen molar-refractivity contribution in [2.75, 3.05) is 5.32 Å². The molecule has 4 nitrogen and oxygen atoms in total. The summed E-state index contributed by atoms with van der Waals surface area (Å²) in [6, 6.07) is 3.59. The second kappa shape index (κ2) is 5.27. The topological polar surface area (TPSA) is 54.9 Å². The summed E-state index contributed by atoms with van der Waals surface area (Å²) in [6.07, 6.45) is 1.67. The highest BCUT2D eigenvalue weighted by Crippen LogP contribution is 2.19. The molecule has 0 fully saturated rings. The molecule has 0 unspecified atom stereocenters. The smallest absolute Gasteiger partial charge is 0.275 e. The lowest BCUT2D eigenvalue weighted by Crippen LogP contribution is -2.12. The van der Waals surface area contributed by atoms with Crippen molar-refractivity contribution in [3.8, 4) is 0 Å². The van der Waals surface area contributed by atoms with Gasteiger partial charge in [-0.15, -0.1) is 11.3 Å². The van der Waals surface area contributed by atoms with Crippen LogP contribution in [0.5, 0.6) is 0 Å². The molecule has 0 spiro atoms. The summed E-state index contributed by atoms with van der Waals surface area (Å²) in [5.74, 6) is 0.170. The maximum absolute atomic E-state index is 12.0. The zero-order valence-electron chi connectivity index (χ0n) is 10.6. The summed E-state index contributed by atoms with van der Waals surface area (Å²) in [7, 11) is 0. The van der Waals surface area contributed by atoms with Crippen LogP contribution in [0.15, 0.2) is 23.7 Å². The predicted octanol–water partition coefficient (Wildman–Crippen LogP) is 3.22. The number of anilines is 1. The highest BCUT2D eigenvalue weighted by atomic mass is 32.1. The largest absolute Gasteiger partial charge is 0.321 e. The normalized spacial score (nSPS) is 10.7. The Balaban J connectivity index is 2.12. The van der Waals surface area contributed by atoms with Crippen molar-refractivity contribution < 1.29 is 4.79 Å². The van der Waals surface area contributed by atoms with Crippen LogP contribution in [0.4, 0.5) is 5.69 Å². The van der Waals surface area contributed by atoms with Gasteiger partial charge < -0.3 is 5.32 Å². The third-order valence-electron chi connectivity index (χ3n) is 2.40. The molecule has 2 aromatic rings. The number of hydrogen-bond acceptors (Lipinski definition) is 4. The second-order valence-electron chi connectivity index (χ2n) is 4.37. The van der Waals surface area contributed by atoms with Crippen LogP contribution in [0.2, 0.25) is 0 Å². The molecule has 2 heterocycles. The van der Waals surface area contributed by atoms with Gasteiger partial charge in [-0.2, -0.15) is 0 Å². The van der Waals surface area contributed by atoms with Gasteiger partial charge in [0.15, 0.2) is 0 Å². The standard InChI is InChI=1S/C13H15N3OS/c1-8(2)13-16-11(7-18-13)12(17)15-10-4-5-14-9(3)6-10/h4-8H,1-3H3,(H,14,15,17). The molecule has 0 saturated heterocycles. The van der Waals surface area contributed by atoms with E-state index in [2.05, 4.69) is 29.1 Å². The first-order valence-corrected chi connectivity index (χ1v) is 6.63. The zero-order valence-corrected chi connectivity index (χ0v) is 11.4.